The molecule has 3 aromatic carbocycles. The first-order valence-electron chi connectivity index (χ1n) is 10.9. The predicted octanol–water partition coefficient (Wildman–Crippen LogP) is 5.53. The summed E-state index contributed by atoms with van der Waals surface area (Å²) in [6.07, 6.45) is 3.60. The lowest BCUT2D eigenvalue weighted by Crippen LogP contribution is -2.33. The van der Waals surface area contributed by atoms with E-state index in [1.54, 1.807) is 19.2 Å². The van der Waals surface area contributed by atoms with E-state index < -0.39 is 0 Å². The highest BCUT2D eigenvalue weighted by Crippen LogP contribution is 2.39. The Morgan fingerprint density at radius 2 is 1.85 bits per heavy atom. The van der Waals surface area contributed by atoms with Gasteiger partial charge in [-0.15, -0.1) is 0 Å². The average Bonchev–Trinajstić information content (AvgIpc) is 2.84. The topological polar surface area (TPSA) is 67.4 Å². The van der Waals surface area contributed by atoms with Crippen molar-refractivity contribution in [2.24, 2.45) is 0 Å². The summed E-state index contributed by atoms with van der Waals surface area (Å²) in [5.74, 6) is 0.442. The van der Waals surface area contributed by atoms with Crippen molar-refractivity contribution in [2.75, 3.05) is 12.4 Å². The number of benzene rings is 3. The van der Waals surface area contributed by atoms with Crippen LogP contribution in [0.15, 0.2) is 82.6 Å². The number of ether oxygens (including phenoxy) is 1. The number of nitrogens with one attached hydrogen (secondary N) is 2. The number of amides is 2. The lowest BCUT2D eigenvalue weighted by Gasteiger charge is -2.20. The standard InChI is InChI=1S/C27H26N2O3S/c1-18(8-9-19-6-4-3-5-7-19)28-26(30)21-12-15-24-23(17-21)29-27(31)25(33-24)16-20-10-13-22(32-2)14-11-20/h3-7,10-18H,8-9H2,1-2H3,(H,28,30)(H,29,31). The third-order valence-electron chi connectivity index (χ3n) is 5.43. The van der Waals surface area contributed by atoms with Gasteiger partial charge in [0.2, 0.25) is 0 Å². The summed E-state index contributed by atoms with van der Waals surface area (Å²) in [6.45, 7) is 2.01. The maximum Gasteiger partial charge on any atom is 0.262 e. The van der Waals surface area contributed by atoms with Crippen LogP contribution in [0.1, 0.15) is 34.8 Å². The molecule has 33 heavy (non-hydrogen) atoms. The van der Waals surface area contributed by atoms with Gasteiger partial charge in [-0.25, -0.2) is 0 Å². The van der Waals surface area contributed by atoms with Crippen molar-refractivity contribution in [1.82, 2.24) is 5.32 Å². The fraction of sp³-hybridized carbons (Fsp3) is 0.185. The smallest absolute Gasteiger partial charge is 0.262 e. The Bertz CT molecular complexity index is 1170. The van der Waals surface area contributed by atoms with Crippen LogP contribution in [-0.4, -0.2) is 25.0 Å². The Morgan fingerprint density at radius 3 is 2.58 bits per heavy atom. The number of carbonyl (C=O) groups is 2. The molecule has 0 fully saturated rings. The molecular formula is C27H26N2O3S. The van der Waals surface area contributed by atoms with E-state index in [0.29, 0.717) is 16.2 Å². The Labute approximate surface area is 198 Å². The fourth-order valence-electron chi connectivity index (χ4n) is 3.56. The third-order valence-corrected chi connectivity index (χ3v) is 6.53. The summed E-state index contributed by atoms with van der Waals surface area (Å²) < 4.78 is 5.18. The molecule has 1 heterocycles. The summed E-state index contributed by atoms with van der Waals surface area (Å²) in [5.41, 5.74) is 3.35. The van der Waals surface area contributed by atoms with E-state index >= 15 is 0 Å². The van der Waals surface area contributed by atoms with E-state index in [4.69, 9.17) is 4.74 Å². The normalized spacial score (nSPS) is 14.8. The van der Waals surface area contributed by atoms with Crippen LogP contribution in [-0.2, 0) is 11.2 Å². The largest absolute Gasteiger partial charge is 0.497 e. The molecule has 1 aliphatic rings. The first kappa shape index (κ1) is 22.7. The SMILES string of the molecule is COc1ccc(C=C2Sc3ccc(C(=O)NC(C)CCc4ccccc4)cc3NC2=O)cc1. The van der Waals surface area contributed by atoms with Crippen molar-refractivity contribution in [2.45, 2.75) is 30.7 Å². The highest BCUT2D eigenvalue weighted by molar-refractivity contribution is 8.04. The molecule has 1 atom stereocenters. The van der Waals surface area contributed by atoms with Gasteiger partial charge in [-0.3, -0.25) is 9.59 Å². The first-order chi connectivity index (χ1) is 16.0. The number of aryl methyl sites for hydroxylation is 1. The molecule has 0 bridgehead atoms. The molecule has 4 rings (SSSR count). The Morgan fingerprint density at radius 1 is 1.09 bits per heavy atom. The van der Waals surface area contributed by atoms with Crippen molar-refractivity contribution in [3.8, 4) is 5.75 Å². The van der Waals surface area contributed by atoms with Gasteiger partial charge >= 0.3 is 0 Å². The molecule has 0 radical (unpaired) electrons. The Kier molecular flexibility index (Phi) is 7.15. The number of methoxy groups -OCH3 is 1. The van der Waals surface area contributed by atoms with Crippen LogP contribution in [0.5, 0.6) is 5.75 Å². The number of rotatable bonds is 7. The van der Waals surface area contributed by atoms with Gasteiger partial charge in [0.05, 0.1) is 17.7 Å². The van der Waals surface area contributed by atoms with Crippen molar-refractivity contribution in [3.05, 3.63) is 94.4 Å². The number of hydrogen-bond acceptors (Lipinski definition) is 4. The predicted molar refractivity (Wildman–Crippen MR) is 134 cm³/mol. The van der Waals surface area contributed by atoms with Crippen LogP contribution < -0.4 is 15.4 Å². The second kappa shape index (κ2) is 10.4. The van der Waals surface area contributed by atoms with Gasteiger partial charge in [0.1, 0.15) is 5.75 Å². The molecule has 168 valence electrons. The number of thioether (sulfide) groups is 1. The van der Waals surface area contributed by atoms with Gasteiger partial charge in [-0.05, 0) is 67.3 Å². The second-order valence-corrected chi connectivity index (χ2v) is 9.03. The lowest BCUT2D eigenvalue weighted by molar-refractivity contribution is -0.112. The van der Waals surface area contributed by atoms with E-state index in [1.807, 2.05) is 61.5 Å². The van der Waals surface area contributed by atoms with Crippen LogP contribution in [0.25, 0.3) is 6.08 Å². The van der Waals surface area contributed by atoms with Crippen LogP contribution in [0.4, 0.5) is 5.69 Å². The van der Waals surface area contributed by atoms with Gasteiger partial charge < -0.3 is 15.4 Å². The number of carbonyl (C=O) groups excluding carboxylic acids is 2. The zero-order valence-corrected chi connectivity index (χ0v) is 19.4. The van der Waals surface area contributed by atoms with Gasteiger partial charge in [0.15, 0.2) is 0 Å². The highest BCUT2D eigenvalue weighted by Gasteiger charge is 2.22. The summed E-state index contributed by atoms with van der Waals surface area (Å²) in [4.78, 5) is 26.9. The fourth-order valence-corrected chi connectivity index (χ4v) is 4.49. The molecule has 0 aromatic heterocycles. The van der Waals surface area contributed by atoms with Gasteiger partial charge in [0, 0.05) is 16.5 Å². The average molecular weight is 459 g/mol. The zero-order chi connectivity index (χ0) is 23.2. The van der Waals surface area contributed by atoms with E-state index in [9.17, 15) is 9.59 Å². The number of hydrogen-bond donors (Lipinski definition) is 2. The minimum atomic E-state index is -0.183. The van der Waals surface area contributed by atoms with E-state index in [2.05, 4.69) is 22.8 Å². The van der Waals surface area contributed by atoms with E-state index in [0.717, 1.165) is 29.1 Å². The summed E-state index contributed by atoms with van der Waals surface area (Å²) >= 11 is 1.40. The van der Waals surface area contributed by atoms with Crippen LogP contribution in [0.3, 0.4) is 0 Å². The molecule has 2 amide bonds. The van der Waals surface area contributed by atoms with E-state index in [-0.39, 0.29) is 17.9 Å². The van der Waals surface area contributed by atoms with Gasteiger partial charge in [-0.2, -0.15) is 0 Å². The van der Waals surface area contributed by atoms with Crippen LogP contribution in [0.2, 0.25) is 0 Å². The molecule has 0 saturated heterocycles. The van der Waals surface area contributed by atoms with Crippen LogP contribution >= 0.6 is 11.8 Å². The highest BCUT2D eigenvalue weighted by atomic mass is 32.2. The molecule has 2 N–H and O–H groups in total. The second-order valence-electron chi connectivity index (χ2n) is 7.95. The minimum absolute atomic E-state index is 0.0386. The van der Waals surface area contributed by atoms with Crippen molar-refractivity contribution < 1.29 is 14.3 Å². The lowest BCUT2D eigenvalue weighted by atomic mass is 10.1. The maximum atomic E-state index is 12.7. The molecule has 0 spiro atoms. The van der Waals surface area contributed by atoms with Crippen molar-refractivity contribution in [1.29, 1.82) is 0 Å². The Balaban J connectivity index is 1.40. The molecule has 5 nitrogen and oxygen atoms in total. The first-order valence-corrected chi connectivity index (χ1v) is 11.7. The van der Waals surface area contributed by atoms with Crippen molar-refractivity contribution in [3.63, 3.8) is 0 Å². The minimum Gasteiger partial charge on any atom is -0.497 e. The summed E-state index contributed by atoms with van der Waals surface area (Å²) in [7, 11) is 1.62. The zero-order valence-electron chi connectivity index (χ0n) is 18.6. The molecule has 0 saturated carbocycles. The van der Waals surface area contributed by atoms with Gasteiger partial charge in [-0.1, -0.05) is 54.2 Å². The number of fused-ring (bicyclic) bond motifs is 1. The summed E-state index contributed by atoms with van der Waals surface area (Å²) in [5, 5.41) is 5.97. The molecular weight excluding hydrogens is 432 g/mol. The van der Waals surface area contributed by atoms with E-state index in [1.165, 1.54) is 17.3 Å². The molecule has 3 aromatic rings. The van der Waals surface area contributed by atoms with Crippen molar-refractivity contribution >= 4 is 35.3 Å². The Hall–Kier alpha value is -3.51. The maximum absolute atomic E-state index is 12.7. The molecule has 1 unspecified atom stereocenters. The monoisotopic (exact) mass is 458 g/mol. The van der Waals surface area contributed by atoms with Crippen LogP contribution in [0, 0.1) is 0 Å². The molecule has 1 aliphatic heterocycles. The molecule has 0 aliphatic carbocycles. The molecule has 6 heteroatoms. The summed E-state index contributed by atoms with van der Waals surface area (Å²) in [6, 6.07) is 23.2. The third kappa shape index (κ3) is 5.84. The number of anilines is 1. The quantitative estimate of drug-likeness (QED) is 0.457. The van der Waals surface area contributed by atoms with Gasteiger partial charge in [0.25, 0.3) is 11.8 Å².